The fourth-order valence-corrected chi connectivity index (χ4v) is 2.65. The van der Waals surface area contributed by atoms with Crippen molar-refractivity contribution in [2.24, 2.45) is 11.3 Å². The van der Waals surface area contributed by atoms with Crippen LogP contribution in [0.25, 0.3) is 0 Å². The van der Waals surface area contributed by atoms with Crippen molar-refractivity contribution < 1.29 is 14.7 Å². The molecule has 0 spiro atoms. The zero-order valence-electron chi connectivity index (χ0n) is 11.8. The molecule has 114 valence electrons. The molecular weight excluding hydrogens is 294 g/mol. The largest absolute Gasteiger partial charge is 0.481 e. The molecule has 21 heavy (non-hydrogen) atoms. The van der Waals surface area contributed by atoms with E-state index in [0.29, 0.717) is 18.8 Å². The van der Waals surface area contributed by atoms with Crippen LogP contribution < -0.4 is 5.32 Å². The lowest BCUT2D eigenvalue weighted by Crippen LogP contribution is -2.45. The Morgan fingerprint density at radius 2 is 2.05 bits per heavy atom. The highest BCUT2D eigenvalue weighted by atomic mass is 35.5. The van der Waals surface area contributed by atoms with Gasteiger partial charge in [-0.2, -0.15) is 0 Å². The van der Waals surface area contributed by atoms with E-state index in [4.69, 9.17) is 11.6 Å². The maximum absolute atomic E-state index is 12.0. The molecule has 1 aliphatic rings. The molecule has 0 radical (unpaired) electrons. The van der Waals surface area contributed by atoms with Crippen molar-refractivity contribution in [1.82, 2.24) is 15.3 Å². The Hall–Kier alpha value is -1.69. The Kier molecular flexibility index (Phi) is 4.77. The van der Waals surface area contributed by atoms with E-state index in [1.165, 1.54) is 12.4 Å². The van der Waals surface area contributed by atoms with Gasteiger partial charge in [0.25, 0.3) is 5.91 Å². The summed E-state index contributed by atoms with van der Waals surface area (Å²) in [6.07, 6.45) is 5.44. The molecule has 0 aliphatic heterocycles. The second-order valence-electron chi connectivity index (χ2n) is 5.68. The van der Waals surface area contributed by atoms with Crippen LogP contribution in [0.15, 0.2) is 12.4 Å². The summed E-state index contributed by atoms with van der Waals surface area (Å²) in [4.78, 5) is 31.2. The highest BCUT2D eigenvalue weighted by Gasteiger charge is 2.41. The van der Waals surface area contributed by atoms with Gasteiger partial charge in [-0.1, -0.05) is 18.5 Å². The van der Waals surface area contributed by atoms with Crippen molar-refractivity contribution >= 4 is 23.5 Å². The smallest absolute Gasteiger partial charge is 0.311 e. The molecule has 0 atom stereocenters. The first-order chi connectivity index (χ1) is 9.93. The first-order valence-electron chi connectivity index (χ1n) is 6.92. The van der Waals surface area contributed by atoms with Gasteiger partial charge >= 0.3 is 5.97 Å². The van der Waals surface area contributed by atoms with Gasteiger partial charge in [-0.15, -0.1) is 0 Å². The molecule has 2 rings (SSSR count). The van der Waals surface area contributed by atoms with Crippen LogP contribution in [0.1, 0.15) is 43.1 Å². The number of halogens is 1. The Labute approximate surface area is 127 Å². The molecule has 2 N–H and O–H groups in total. The summed E-state index contributed by atoms with van der Waals surface area (Å²) in [5.74, 6) is -0.745. The molecular formula is C14H18ClN3O3. The number of aliphatic carboxylic acids is 1. The topological polar surface area (TPSA) is 92.2 Å². The van der Waals surface area contributed by atoms with Crippen LogP contribution in [-0.4, -0.2) is 33.5 Å². The van der Waals surface area contributed by atoms with Gasteiger partial charge in [0.15, 0.2) is 0 Å². The minimum atomic E-state index is -0.873. The number of aromatic nitrogens is 2. The number of carboxylic acids is 1. The Bertz CT molecular complexity index is 525. The molecule has 6 nitrogen and oxygen atoms in total. The van der Waals surface area contributed by atoms with Crippen molar-refractivity contribution in [2.75, 3.05) is 6.54 Å². The minimum Gasteiger partial charge on any atom is -0.481 e. The van der Waals surface area contributed by atoms with Crippen molar-refractivity contribution in [1.29, 1.82) is 0 Å². The highest BCUT2D eigenvalue weighted by Crippen LogP contribution is 2.38. The molecule has 0 bridgehead atoms. The summed E-state index contributed by atoms with van der Waals surface area (Å²) in [5.41, 5.74) is -0.744. The summed E-state index contributed by atoms with van der Waals surface area (Å²) < 4.78 is 0. The first-order valence-corrected chi connectivity index (χ1v) is 7.30. The Balaban J connectivity index is 2.00. The van der Waals surface area contributed by atoms with Gasteiger partial charge in [-0.25, -0.2) is 9.97 Å². The molecule has 0 saturated heterocycles. The number of nitrogens with one attached hydrogen (secondary N) is 1. The van der Waals surface area contributed by atoms with Crippen molar-refractivity contribution in [3.63, 3.8) is 0 Å². The average Bonchev–Trinajstić information content (AvgIpc) is 2.47. The fraction of sp³-hybridized carbons (Fsp3) is 0.571. The molecule has 1 amide bonds. The zero-order chi connectivity index (χ0) is 15.5. The monoisotopic (exact) mass is 311 g/mol. The predicted octanol–water partition coefficient (Wildman–Crippen LogP) is 2.14. The molecule has 1 aliphatic carbocycles. The maximum atomic E-state index is 12.0. The predicted molar refractivity (Wildman–Crippen MR) is 77.1 cm³/mol. The summed E-state index contributed by atoms with van der Waals surface area (Å²) in [6.45, 7) is 2.23. The summed E-state index contributed by atoms with van der Waals surface area (Å²) >= 11 is 5.61. The third kappa shape index (κ3) is 3.69. The van der Waals surface area contributed by atoms with E-state index >= 15 is 0 Å². The van der Waals surface area contributed by atoms with Gasteiger partial charge in [-0.05, 0) is 31.6 Å². The van der Waals surface area contributed by atoms with E-state index in [9.17, 15) is 14.7 Å². The second-order valence-corrected chi connectivity index (χ2v) is 6.06. The van der Waals surface area contributed by atoms with Gasteiger partial charge in [0.2, 0.25) is 0 Å². The van der Waals surface area contributed by atoms with Crippen LogP contribution in [0, 0.1) is 11.3 Å². The van der Waals surface area contributed by atoms with Crippen LogP contribution in [0.3, 0.4) is 0 Å². The summed E-state index contributed by atoms with van der Waals surface area (Å²) in [6, 6.07) is 0. The van der Waals surface area contributed by atoms with Crippen molar-refractivity contribution in [2.45, 2.75) is 32.6 Å². The molecule has 7 heteroatoms. The number of carbonyl (C=O) groups is 2. The standard InChI is InChI=1S/C14H18ClN3O3/c1-9-2-4-14(5-3-9,13(20)21)8-18-12(19)10-6-17-11(15)7-16-10/h6-7,9H,2-5,8H2,1H3,(H,18,19)(H,20,21). The molecule has 0 aromatic carbocycles. The third-order valence-electron chi connectivity index (χ3n) is 4.13. The maximum Gasteiger partial charge on any atom is 0.311 e. The van der Waals surface area contributed by atoms with Gasteiger partial charge in [-0.3, -0.25) is 9.59 Å². The summed E-state index contributed by atoms with van der Waals surface area (Å²) in [7, 11) is 0. The van der Waals surface area contributed by atoms with E-state index < -0.39 is 17.3 Å². The number of carboxylic acid groups (broad SMARTS) is 1. The quantitative estimate of drug-likeness (QED) is 0.888. The van der Waals surface area contributed by atoms with Crippen LogP contribution in [0.4, 0.5) is 0 Å². The number of nitrogens with zero attached hydrogens (tertiary/aromatic N) is 2. The summed E-state index contributed by atoms with van der Waals surface area (Å²) in [5, 5.41) is 12.4. The number of amides is 1. The molecule has 1 fully saturated rings. The SMILES string of the molecule is CC1CCC(CNC(=O)c2cnc(Cl)cn2)(C(=O)O)CC1. The van der Waals surface area contributed by atoms with E-state index in [-0.39, 0.29) is 17.4 Å². The van der Waals surface area contributed by atoms with E-state index in [1.54, 1.807) is 0 Å². The molecule has 1 aromatic heterocycles. The lowest BCUT2D eigenvalue weighted by molar-refractivity contribution is -0.151. The number of rotatable bonds is 4. The second kappa shape index (κ2) is 6.39. The molecule has 1 saturated carbocycles. The van der Waals surface area contributed by atoms with Crippen LogP contribution >= 0.6 is 11.6 Å². The highest BCUT2D eigenvalue weighted by molar-refractivity contribution is 6.29. The van der Waals surface area contributed by atoms with E-state index in [1.807, 2.05) is 0 Å². The van der Waals surface area contributed by atoms with Gasteiger partial charge in [0, 0.05) is 6.54 Å². The zero-order valence-corrected chi connectivity index (χ0v) is 12.6. The average molecular weight is 312 g/mol. The van der Waals surface area contributed by atoms with Crippen LogP contribution in [0.2, 0.25) is 5.15 Å². The van der Waals surface area contributed by atoms with Gasteiger partial charge in [0.1, 0.15) is 10.8 Å². The van der Waals surface area contributed by atoms with E-state index in [2.05, 4.69) is 22.2 Å². The third-order valence-corrected chi connectivity index (χ3v) is 4.32. The Morgan fingerprint density at radius 1 is 1.38 bits per heavy atom. The molecule has 1 heterocycles. The normalized spacial score (nSPS) is 25.3. The lowest BCUT2D eigenvalue weighted by Gasteiger charge is -2.35. The Morgan fingerprint density at radius 3 is 2.57 bits per heavy atom. The fourth-order valence-electron chi connectivity index (χ4n) is 2.55. The van der Waals surface area contributed by atoms with Crippen LogP contribution in [-0.2, 0) is 4.79 Å². The first kappa shape index (κ1) is 15.7. The van der Waals surface area contributed by atoms with E-state index in [0.717, 1.165) is 12.8 Å². The van der Waals surface area contributed by atoms with Gasteiger partial charge in [0.05, 0.1) is 17.8 Å². The van der Waals surface area contributed by atoms with Crippen molar-refractivity contribution in [3.8, 4) is 0 Å². The van der Waals surface area contributed by atoms with Crippen LogP contribution in [0.5, 0.6) is 0 Å². The molecule has 1 aromatic rings. The molecule has 0 unspecified atom stereocenters. The van der Waals surface area contributed by atoms with Crippen molar-refractivity contribution in [3.05, 3.63) is 23.2 Å². The number of hydrogen-bond acceptors (Lipinski definition) is 4. The number of hydrogen-bond donors (Lipinski definition) is 2. The lowest BCUT2D eigenvalue weighted by atomic mass is 9.71. The minimum absolute atomic E-state index is 0.109. The van der Waals surface area contributed by atoms with Gasteiger partial charge < -0.3 is 10.4 Å². The number of carbonyl (C=O) groups excluding carboxylic acids is 1.